The number of aromatic nitrogens is 1. The van der Waals surface area contributed by atoms with Gasteiger partial charge in [0.25, 0.3) is 0 Å². The topological polar surface area (TPSA) is 25.4 Å². The number of morpholine rings is 1. The third kappa shape index (κ3) is 2.77. The normalized spacial score (nSPS) is 22.2. The SMILES string of the molecule is Cc1cnccc1CN1CCO[C@H](CF)C1. The number of nitrogens with zero attached hydrogens (tertiary/aromatic N) is 2. The second-order valence-corrected chi connectivity index (χ2v) is 4.18. The zero-order valence-electron chi connectivity index (χ0n) is 9.53. The van der Waals surface area contributed by atoms with Gasteiger partial charge in [-0.25, -0.2) is 4.39 Å². The maximum atomic E-state index is 12.5. The van der Waals surface area contributed by atoms with Crippen molar-refractivity contribution in [2.24, 2.45) is 0 Å². The van der Waals surface area contributed by atoms with E-state index >= 15 is 0 Å². The molecule has 1 aromatic heterocycles. The molecule has 0 spiro atoms. The van der Waals surface area contributed by atoms with Crippen molar-refractivity contribution in [3.63, 3.8) is 0 Å². The van der Waals surface area contributed by atoms with E-state index in [0.717, 1.165) is 13.1 Å². The average Bonchev–Trinajstić information content (AvgIpc) is 2.32. The van der Waals surface area contributed by atoms with E-state index in [9.17, 15) is 4.39 Å². The fourth-order valence-electron chi connectivity index (χ4n) is 1.94. The van der Waals surface area contributed by atoms with Gasteiger partial charge in [-0.15, -0.1) is 0 Å². The molecule has 0 N–H and O–H groups in total. The maximum Gasteiger partial charge on any atom is 0.117 e. The Morgan fingerprint density at radius 3 is 3.25 bits per heavy atom. The van der Waals surface area contributed by atoms with Crippen LogP contribution in [0.2, 0.25) is 0 Å². The monoisotopic (exact) mass is 224 g/mol. The fraction of sp³-hybridized carbons (Fsp3) is 0.583. The van der Waals surface area contributed by atoms with Gasteiger partial charge in [-0.2, -0.15) is 0 Å². The highest BCUT2D eigenvalue weighted by atomic mass is 19.1. The van der Waals surface area contributed by atoms with Crippen LogP contribution in [0.4, 0.5) is 4.39 Å². The minimum Gasteiger partial charge on any atom is -0.373 e. The van der Waals surface area contributed by atoms with Crippen molar-refractivity contribution in [1.29, 1.82) is 0 Å². The smallest absolute Gasteiger partial charge is 0.117 e. The van der Waals surface area contributed by atoms with Crippen LogP contribution in [-0.2, 0) is 11.3 Å². The second kappa shape index (κ2) is 5.37. The van der Waals surface area contributed by atoms with Gasteiger partial charge >= 0.3 is 0 Å². The van der Waals surface area contributed by atoms with E-state index in [1.165, 1.54) is 11.1 Å². The number of pyridine rings is 1. The summed E-state index contributed by atoms with van der Waals surface area (Å²) in [4.78, 5) is 6.30. The van der Waals surface area contributed by atoms with E-state index in [-0.39, 0.29) is 6.10 Å². The molecule has 0 radical (unpaired) electrons. The lowest BCUT2D eigenvalue weighted by Crippen LogP contribution is -2.42. The number of rotatable bonds is 3. The molecule has 2 heterocycles. The molecule has 0 amide bonds. The molecule has 88 valence electrons. The van der Waals surface area contributed by atoms with E-state index in [4.69, 9.17) is 4.74 Å². The molecule has 1 fully saturated rings. The van der Waals surface area contributed by atoms with Crippen LogP contribution in [0.15, 0.2) is 18.5 Å². The zero-order valence-corrected chi connectivity index (χ0v) is 9.53. The lowest BCUT2D eigenvalue weighted by atomic mass is 10.1. The third-order valence-electron chi connectivity index (χ3n) is 2.93. The molecule has 4 heteroatoms. The van der Waals surface area contributed by atoms with Crippen LogP contribution in [0, 0.1) is 6.92 Å². The quantitative estimate of drug-likeness (QED) is 0.779. The Hall–Kier alpha value is -1.00. The van der Waals surface area contributed by atoms with Gasteiger partial charge in [0.15, 0.2) is 0 Å². The predicted octanol–water partition coefficient (Wildman–Crippen LogP) is 1.56. The molecule has 1 aromatic rings. The van der Waals surface area contributed by atoms with Crippen LogP contribution >= 0.6 is 0 Å². The number of hydrogen-bond acceptors (Lipinski definition) is 3. The molecule has 1 saturated heterocycles. The number of alkyl halides is 1. The van der Waals surface area contributed by atoms with E-state index < -0.39 is 6.67 Å². The summed E-state index contributed by atoms with van der Waals surface area (Å²) in [7, 11) is 0. The summed E-state index contributed by atoms with van der Waals surface area (Å²) < 4.78 is 17.8. The van der Waals surface area contributed by atoms with Gasteiger partial charge in [-0.3, -0.25) is 9.88 Å². The molecule has 0 bridgehead atoms. The molecular formula is C12H17FN2O. The number of hydrogen-bond donors (Lipinski definition) is 0. The lowest BCUT2D eigenvalue weighted by Gasteiger charge is -2.31. The first-order chi connectivity index (χ1) is 7.79. The molecule has 1 atom stereocenters. The van der Waals surface area contributed by atoms with E-state index in [1.54, 1.807) is 6.20 Å². The zero-order chi connectivity index (χ0) is 11.4. The molecule has 1 aliphatic heterocycles. The molecule has 0 aliphatic carbocycles. The summed E-state index contributed by atoms with van der Waals surface area (Å²) in [5.41, 5.74) is 2.44. The minimum atomic E-state index is -0.397. The van der Waals surface area contributed by atoms with Crippen LogP contribution in [0.5, 0.6) is 0 Å². The van der Waals surface area contributed by atoms with Crippen LogP contribution in [0.1, 0.15) is 11.1 Å². The summed E-state index contributed by atoms with van der Waals surface area (Å²) in [6.07, 6.45) is 3.41. The first-order valence-electron chi connectivity index (χ1n) is 5.59. The standard InChI is InChI=1S/C12H17FN2O/c1-10-7-14-3-2-11(10)8-15-4-5-16-12(6-13)9-15/h2-3,7,12H,4-6,8-9H2,1H3/t12-/m1/s1. The summed E-state index contributed by atoms with van der Waals surface area (Å²) >= 11 is 0. The number of halogens is 1. The van der Waals surface area contributed by atoms with Gasteiger partial charge in [0, 0.05) is 32.0 Å². The van der Waals surface area contributed by atoms with Crippen molar-refractivity contribution < 1.29 is 9.13 Å². The van der Waals surface area contributed by atoms with Crippen LogP contribution < -0.4 is 0 Å². The van der Waals surface area contributed by atoms with Crippen molar-refractivity contribution in [1.82, 2.24) is 9.88 Å². The molecule has 1 aliphatic rings. The maximum absolute atomic E-state index is 12.5. The van der Waals surface area contributed by atoms with Crippen molar-refractivity contribution in [2.45, 2.75) is 19.6 Å². The molecule has 0 saturated carbocycles. The molecule has 16 heavy (non-hydrogen) atoms. The lowest BCUT2D eigenvalue weighted by molar-refractivity contribution is -0.0413. The number of ether oxygens (including phenoxy) is 1. The Balaban J connectivity index is 1.97. The van der Waals surface area contributed by atoms with Crippen molar-refractivity contribution in [2.75, 3.05) is 26.4 Å². The Labute approximate surface area is 95.2 Å². The van der Waals surface area contributed by atoms with Gasteiger partial charge in [-0.1, -0.05) is 0 Å². The summed E-state index contributed by atoms with van der Waals surface area (Å²) in [6.45, 7) is 4.69. The fourth-order valence-corrected chi connectivity index (χ4v) is 1.94. The first-order valence-corrected chi connectivity index (χ1v) is 5.59. The predicted molar refractivity (Wildman–Crippen MR) is 60.0 cm³/mol. The van der Waals surface area contributed by atoms with Crippen LogP contribution in [0.3, 0.4) is 0 Å². The Morgan fingerprint density at radius 2 is 2.50 bits per heavy atom. The Bertz CT molecular complexity index is 346. The average molecular weight is 224 g/mol. The second-order valence-electron chi connectivity index (χ2n) is 4.18. The molecule has 0 unspecified atom stereocenters. The van der Waals surface area contributed by atoms with Gasteiger partial charge in [-0.05, 0) is 24.1 Å². The van der Waals surface area contributed by atoms with E-state index in [2.05, 4.69) is 16.8 Å². The highest BCUT2D eigenvalue weighted by molar-refractivity contribution is 5.21. The molecular weight excluding hydrogens is 207 g/mol. The molecule has 2 rings (SSSR count). The molecule has 3 nitrogen and oxygen atoms in total. The summed E-state index contributed by atoms with van der Waals surface area (Å²) in [5.74, 6) is 0. The van der Waals surface area contributed by atoms with Crippen LogP contribution in [-0.4, -0.2) is 42.4 Å². The highest BCUT2D eigenvalue weighted by Gasteiger charge is 2.20. The van der Waals surface area contributed by atoms with Gasteiger partial charge in [0.2, 0.25) is 0 Å². The van der Waals surface area contributed by atoms with Crippen LogP contribution in [0.25, 0.3) is 0 Å². The third-order valence-corrected chi connectivity index (χ3v) is 2.93. The minimum absolute atomic E-state index is 0.254. The van der Waals surface area contributed by atoms with E-state index in [0.29, 0.717) is 13.2 Å². The van der Waals surface area contributed by atoms with E-state index in [1.807, 2.05) is 12.3 Å². The summed E-state index contributed by atoms with van der Waals surface area (Å²) in [5, 5.41) is 0. The van der Waals surface area contributed by atoms with Gasteiger partial charge in [0.1, 0.15) is 6.67 Å². The Kier molecular flexibility index (Phi) is 3.85. The van der Waals surface area contributed by atoms with Crippen molar-refractivity contribution in [3.05, 3.63) is 29.6 Å². The summed E-state index contributed by atoms with van der Waals surface area (Å²) in [6, 6.07) is 2.02. The van der Waals surface area contributed by atoms with Crippen molar-refractivity contribution >= 4 is 0 Å². The van der Waals surface area contributed by atoms with Gasteiger partial charge < -0.3 is 4.74 Å². The first kappa shape index (κ1) is 11.5. The highest BCUT2D eigenvalue weighted by Crippen LogP contribution is 2.12. The largest absolute Gasteiger partial charge is 0.373 e. The molecule has 0 aromatic carbocycles. The van der Waals surface area contributed by atoms with Crippen molar-refractivity contribution in [3.8, 4) is 0 Å². The Morgan fingerprint density at radius 1 is 1.62 bits per heavy atom. The van der Waals surface area contributed by atoms with Gasteiger partial charge in [0.05, 0.1) is 12.7 Å². The number of aryl methyl sites for hydroxylation is 1.